The van der Waals surface area contributed by atoms with Gasteiger partial charge in [0.05, 0.1) is 4.92 Å². The van der Waals surface area contributed by atoms with E-state index in [4.69, 9.17) is 5.11 Å². The highest BCUT2D eigenvalue weighted by molar-refractivity contribution is 5.61. The molecule has 1 rings (SSSR count). The molecule has 8 heteroatoms. The number of hydrogen-bond donors (Lipinski definition) is 3. The van der Waals surface area contributed by atoms with E-state index in [0.717, 1.165) is 0 Å². The van der Waals surface area contributed by atoms with E-state index in [9.17, 15) is 10.1 Å². The third-order valence-electron chi connectivity index (χ3n) is 2.77. The molecule has 112 valence electrons. The minimum absolute atomic E-state index is 0.0159. The normalized spacial score (nSPS) is 11.2. The Labute approximate surface area is 117 Å². The molecule has 0 bridgehead atoms. The Kier molecular flexibility index (Phi) is 5.20. The average Bonchev–Trinajstić information content (AvgIpc) is 2.26. The van der Waals surface area contributed by atoms with Crippen LogP contribution in [0.4, 0.5) is 17.5 Å². The molecule has 3 N–H and O–H groups in total. The Bertz CT molecular complexity index is 490. The van der Waals surface area contributed by atoms with Gasteiger partial charge in [0.1, 0.15) is 5.69 Å². The van der Waals surface area contributed by atoms with Crippen LogP contribution in [0.25, 0.3) is 0 Å². The van der Waals surface area contributed by atoms with Gasteiger partial charge in [-0.05, 0) is 34.1 Å². The Balaban J connectivity index is 3.22. The predicted molar refractivity (Wildman–Crippen MR) is 77.0 cm³/mol. The van der Waals surface area contributed by atoms with Gasteiger partial charge in [-0.3, -0.25) is 10.1 Å². The Morgan fingerprint density at radius 3 is 2.55 bits per heavy atom. The van der Waals surface area contributed by atoms with Gasteiger partial charge in [0.25, 0.3) is 0 Å². The zero-order valence-corrected chi connectivity index (χ0v) is 12.2. The van der Waals surface area contributed by atoms with Crippen LogP contribution in [0.1, 0.15) is 32.9 Å². The highest BCUT2D eigenvalue weighted by Crippen LogP contribution is 2.29. The van der Waals surface area contributed by atoms with E-state index in [0.29, 0.717) is 24.6 Å². The fourth-order valence-electron chi connectivity index (χ4n) is 1.77. The summed E-state index contributed by atoms with van der Waals surface area (Å²) in [7, 11) is 0. The molecule has 0 aliphatic carbocycles. The standard InChI is InChI=1S/C12H21N5O3/c1-5-13-11-14-8(2)9(17(19)20)10(15-11)16-12(3,4)6-7-18/h18H,5-7H2,1-4H3,(H2,13,14,15,16). The zero-order valence-electron chi connectivity index (χ0n) is 12.2. The van der Waals surface area contributed by atoms with Crippen LogP contribution in [0.2, 0.25) is 0 Å². The number of nitrogens with one attached hydrogen (secondary N) is 2. The summed E-state index contributed by atoms with van der Waals surface area (Å²) < 4.78 is 0. The number of aliphatic hydroxyl groups excluding tert-OH is 1. The van der Waals surface area contributed by atoms with Crippen molar-refractivity contribution in [3.05, 3.63) is 15.8 Å². The van der Waals surface area contributed by atoms with Crippen molar-refractivity contribution in [1.29, 1.82) is 0 Å². The summed E-state index contributed by atoms with van der Waals surface area (Å²) in [6.07, 6.45) is 0.448. The summed E-state index contributed by atoms with van der Waals surface area (Å²) >= 11 is 0. The van der Waals surface area contributed by atoms with Crippen LogP contribution in [-0.4, -0.2) is 38.7 Å². The van der Waals surface area contributed by atoms with Gasteiger partial charge in [-0.25, -0.2) is 4.98 Å². The van der Waals surface area contributed by atoms with Gasteiger partial charge < -0.3 is 15.7 Å². The van der Waals surface area contributed by atoms with Gasteiger partial charge in [-0.15, -0.1) is 0 Å². The molecule has 0 atom stereocenters. The van der Waals surface area contributed by atoms with Gasteiger partial charge in [0.15, 0.2) is 0 Å². The molecular formula is C12H21N5O3. The number of nitrogens with zero attached hydrogens (tertiary/aromatic N) is 3. The summed E-state index contributed by atoms with van der Waals surface area (Å²) in [5, 5.41) is 26.2. The van der Waals surface area contributed by atoms with Gasteiger partial charge in [-0.1, -0.05) is 0 Å². The monoisotopic (exact) mass is 283 g/mol. The van der Waals surface area contributed by atoms with Gasteiger partial charge in [0.2, 0.25) is 11.8 Å². The van der Waals surface area contributed by atoms with Crippen molar-refractivity contribution in [2.45, 2.75) is 39.7 Å². The minimum atomic E-state index is -0.510. The number of nitro groups is 1. The first-order valence-electron chi connectivity index (χ1n) is 6.46. The fraction of sp³-hybridized carbons (Fsp3) is 0.667. The molecule has 0 radical (unpaired) electrons. The van der Waals surface area contributed by atoms with Crippen LogP contribution in [0.5, 0.6) is 0 Å². The van der Waals surface area contributed by atoms with Gasteiger partial charge in [-0.2, -0.15) is 4.98 Å². The van der Waals surface area contributed by atoms with Crippen LogP contribution in [-0.2, 0) is 0 Å². The second-order valence-corrected chi connectivity index (χ2v) is 5.10. The maximum absolute atomic E-state index is 11.2. The largest absolute Gasteiger partial charge is 0.396 e. The molecule has 0 aromatic carbocycles. The molecule has 0 fully saturated rings. The van der Waals surface area contributed by atoms with Crippen molar-refractivity contribution in [1.82, 2.24) is 9.97 Å². The average molecular weight is 283 g/mol. The lowest BCUT2D eigenvalue weighted by atomic mass is 10.0. The maximum Gasteiger partial charge on any atom is 0.332 e. The molecule has 0 unspecified atom stereocenters. The lowest BCUT2D eigenvalue weighted by molar-refractivity contribution is -0.385. The van der Waals surface area contributed by atoms with E-state index in [1.165, 1.54) is 0 Å². The van der Waals surface area contributed by atoms with Crippen molar-refractivity contribution >= 4 is 17.5 Å². The Morgan fingerprint density at radius 1 is 1.40 bits per heavy atom. The van der Waals surface area contributed by atoms with E-state index >= 15 is 0 Å². The van der Waals surface area contributed by atoms with Crippen LogP contribution in [0.15, 0.2) is 0 Å². The highest BCUT2D eigenvalue weighted by Gasteiger charge is 2.27. The van der Waals surface area contributed by atoms with Crippen molar-refractivity contribution in [2.75, 3.05) is 23.8 Å². The number of anilines is 2. The SMILES string of the molecule is CCNc1nc(C)c([N+](=O)[O-])c(NC(C)(C)CCO)n1. The van der Waals surface area contributed by atoms with E-state index < -0.39 is 10.5 Å². The second kappa shape index (κ2) is 6.47. The molecular weight excluding hydrogens is 262 g/mol. The first-order chi connectivity index (χ1) is 9.30. The lowest BCUT2D eigenvalue weighted by Gasteiger charge is -2.26. The molecule has 8 nitrogen and oxygen atoms in total. The number of aliphatic hydroxyl groups is 1. The molecule has 0 aliphatic rings. The molecule has 0 amide bonds. The molecule has 0 saturated heterocycles. The van der Waals surface area contributed by atoms with E-state index in [1.807, 2.05) is 20.8 Å². The Morgan fingerprint density at radius 2 is 2.05 bits per heavy atom. The maximum atomic E-state index is 11.2. The minimum Gasteiger partial charge on any atom is -0.396 e. The van der Waals surface area contributed by atoms with Crippen molar-refractivity contribution in [3.63, 3.8) is 0 Å². The molecule has 0 spiro atoms. The first-order valence-corrected chi connectivity index (χ1v) is 6.46. The second-order valence-electron chi connectivity index (χ2n) is 5.10. The summed E-state index contributed by atoms with van der Waals surface area (Å²) in [4.78, 5) is 18.9. The number of hydrogen-bond acceptors (Lipinski definition) is 7. The van der Waals surface area contributed by atoms with E-state index in [2.05, 4.69) is 20.6 Å². The van der Waals surface area contributed by atoms with Crippen molar-refractivity contribution < 1.29 is 10.0 Å². The van der Waals surface area contributed by atoms with Gasteiger partial charge in [0, 0.05) is 18.7 Å². The predicted octanol–water partition coefficient (Wildman–Crippen LogP) is 1.70. The molecule has 1 heterocycles. The van der Waals surface area contributed by atoms with Crippen LogP contribution in [0.3, 0.4) is 0 Å². The summed E-state index contributed by atoms with van der Waals surface area (Å²) in [5.41, 5.74) is -0.357. The highest BCUT2D eigenvalue weighted by atomic mass is 16.6. The summed E-state index contributed by atoms with van der Waals surface area (Å²) in [6, 6.07) is 0. The van der Waals surface area contributed by atoms with Crippen LogP contribution >= 0.6 is 0 Å². The number of rotatable bonds is 7. The van der Waals surface area contributed by atoms with Gasteiger partial charge >= 0.3 is 5.69 Å². The molecule has 20 heavy (non-hydrogen) atoms. The quantitative estimate of drug-likeness (QED) is 0.515. The van der Waals surface area contributed by atoms with Crippen LogP contribution in [0, 0.1) is 17.0 Å². The smallest absolute Gasteiger partial charge is 0.332 e. The molecule has 1 aromatic rings. The lowest BCUT2D eigenvalue weighted by Crippen LogP contribution is -2.33. The van der Waals surface area contributed by atoms with E-state index in [-0.39, 0.29) is 18.1 Å². The zero-order chi connectivity index (χ0) is 15.3. The van der Waals surface area contributed by atoms with Crippen molar-refractivity contribution in [3.8, 4) is 0 Å². The third-order valence-corrected chi connectivity index (χ3v) is 2.77. The fourth-order valence-corrected chi connectivity index (χ4v) is 1.77. The first kappa shape index (κ1) is 16.1. The number of aromatic nitrogens is 2. The van der Waals surface area contributed by atoms with Crippen molar-refractivity contribution in [2.24, 2.45) is 0 Å². The van der Waals surface area contributed by atoms with E-state index in [1.54, 1.807) is 6.92 Å². The van der Waals surface area contributed by atoms with Crippen LogP contribution < -0.4 is 10.6 Å². The summed E-state index contributed by atoms with van der Waals surface area (Å²) in [5.74, 6) is 0.509. The summed E-state index contributed by atoms with van der Waals surface area (Å²) in [6.45, 7) is 7.76. The number of aryl methyl sites for hydroxylation is 1. The Hall–Kier alpha value is -1.96. The molecule has 1 aromatic heterocycles. The topological polar surface area (TPSA) is 113 Å². The molecule has 0 aliphatic heterocycles. The third kappa shape index (κ3) is 4.02. The molecule has 0 saturated carbocycles.